The number of carbonyl (C=O) groups is 2. The Labute approximate surface area is 96.2 Å². The van der Waals surface area contributed by atoms with Crippen molar-refractivity contribution in [2.24, 2.45) is 5.41 Å². The van der Waals surface area contributed by atoms with Crippen molar-refractivity contribution in [1.29, 1.82) is 0 Å². The van der Waals surface area contributed by atoms with Crippen LogP contribution in [0.4, 0.5) is 4.79 Å². The molecule has 1 unspecified atom stereocenters. The topological polar surface area (TPSA) is 58.2 Å². The zero-order chi connectivity index (χ0) is 11.6. The molecule has 0 spiro atoms. The summed E-state index contributed by atoms with van der Waals surface area (Å²) in [5, 5.41) is 5.00. The van der Waals surface area contributed by atoms with Crippen LogP contribution in [0, 0.1) is 5.41 Å². The van der Waals surface area contributed by atoms with Gasteiger partial charge in [0.1, 0.15) is 6.04 Å². The number of carbonyl (C=O) groups excluding carboxylic acids is 2. The zero-order valence-electron chi connectivity index (χ0n) is 9.84. The summed E-state index contributed by atoms with van der Waals surface area (Å²) in [5.74, 6) is -0.157. The van der Waals surface area contributed by atoms with Gasteiger partial charge in [-0.3, -0.25) is 10.1 Å². The molecule has 0 aromatic heterocycles. The van der Waals surface area contributed by atoms with E-state index in [0.717, 1.165) is 6.42 Å². The Hall–Kier alpha value is -1.06. The molecule has 0 radical (unpaired) electrons. The lowest BCUT2D eigenvalue weighted by molar-refractivity contribution is -0.120. The highest BCUT2D eigenvalue weighted by molar-refractivity contribution is 6.04. The maximum atomic E-state index is 11.5. The summed E-state index contributed by atoms with van der Waals surface area (Å²) in [6, 6.07) is -0.650. The van der Waals surface area contributed by atoms with E-state index in [1.165, 1.54) is 38.5 Å². The zero-order valence-corrected chi connectivity index (χ0v) is 9.84. The first-order chi connectivity index (χ1) is 7.59. The summed E-state index contributed by atoms with van der Waals surface area (Å²) in [6.07, 6.45) is 8.24. The largest absolute Gasteiger partial charge is 0.326 e. The van der Waals surface area contributed by atoms with Gasteiger partial charge in [-0.25, -0.2) is 4.79 Å². The summed E-state index contributed by atoms with van der Waals surface area (Å²) in [6.45, 7) is 2.25. The standard InChI is InChI=1S/C12H20N2O2/c1-12(6-4-2-3-5-7-12)8-9-10(15)14-11(16)13-9/h9H,2-8H2,1H3,(H2,13,14,15,16). The fourth-order valence-corrected chi connectivity index (χ4v) is 2.88. The molecule has 4 heteroatoms. The Morgan fingerprint density at radius 2 is 1.81 bits per heavy atom. The third-order valence-electron chi connectivity index (χ3n) is 3.87. The fourth-order valence-electron chi connectivity index (χ4n) is 2.88. The minimum absolute atomic E-state index is 0.157. The van der Waals surface area contributed by atoms with E-state index in [2.05, 4.69) is 17.6 Å². The predicted octanol–water partition coefficient (Wildman–Crippen LogP) is 1.94. The highest BCUT2D eigenvalue weighted by atomic mass is 16.2. The molecule has 2 rings (SSSR count). The SMILES string of the molecule is CC1(CC2NC(=O)NC2=O)CCCCCC1. The quantitative estimate of drug-likeness (QED) is 0.556. The van der Waals surface area contributed by atoms with E-state index < -0.39 is 0 Å². The Morgan fingerprint density at radius 3 is 2.31 bits per heavy atom. The van der Waals surface area contributed by atoms with Gasteiger partial charge in [-0.05, 0) is 24.7 Å². The van der Waals surface area contributed by atoms with Gasteiger partial charge in [0, 0.05) is 0 Å². The van der Waals surface area contributed by atoms with Gasteiger partial charge in [-0.2, -0.15) is 0 Å². The first kappa shape index (κ1) is 11.4. The van der Waals surface area contributed by atoms with Gasteiger partial charge >= 0.3 is 6.03 Å². The molecule has 2 N–H and O–H groups in total. The average molecular weight is 224 g/mol. The minimum Gasteiger partial charge on any atom is -0.326 e. The lowest BCUT2D eigenvalue weighted by atomic mass is 9.77. The van der Waals surface area contributed by atoms with Crippen molar-refractivity contribution in [1.82, 2.24) is 10.6 Å². The highest BCUT2D eigenvalue weighted by Crippen LogP contribution is 2.38. The summed E-state index contributed by atoms with van der Waals surface area (Å²) in [4.78, 5) is 22.5. The minimum atomic E-state index is -0.341. The van der Waals surface area contributed by atoms with Crippen molar-refractivity contribution in [2.75, 3.05) is 0 Å². The summed E-state index contributed by atoms with van der Waals surface area (Å²) >= 11 is 0. The third kappa shape index (κ3) is 2.54. The molecule has 0 aromatic rings. The summed E-state index contributed by atoms with van der Waals surface area (Å²) < 4.78 is 0. The van der Waals surface area contributed by atoms with Crippen molar-refractivity contribution in [3.05, 3.63) is 0 Å². The number of imide groups is 1. The van der Waals surface area contributed by atoms with Gasteiger partial charge in [0.25, 0.3) is 5.91 Å². The molecular weight excluding hydrogens is 204 g/mol. The lowest BCUT2D eigenvalue weighted by Crippen LogP contribution is -2.35. The molecule has 2 fully saturated rings. The Kier molecular flexibility index (Phi) is 3.17. The fraction of sp³-hybridized carbons (Fsp3) is 0.833. The van der Waals surface area contributed by atoms with E-state index in [-0.39, 0.29) is 23.4 Å². The first-order valence-corrected chi connectivity index (χ1v) is 6.20. The second-order valence-corrected chi connectivity index (χ2v) is 5.44. The predicted molar refractivity (Wildman–Crippen MR) is 60.9 cm³/mol. The lowest BCUT2D eigenvalue weighted by Gasteiger charge is -2.29. The van der Waals surface area contributed by atoms with Gasteiger partial charge in [0.2, 0.25) is 0 Å². The van der Waals surface area contributed by atoms with Crippen LogP contribution < -0.4 is 10.6 Å². The normalized spacial score (nSPS) is 29.4. The maximum absolute atomic E-state index is 11.5. The van der Waals surface area contributed by atoms with Gasteiger partial charge in [0.05, 0.1) is 0 Å². The average Bonchev–Trinajstić information content (AvgIpc) is 2.41. The molecule has 90 valence electrons. The molecule has 4 nitrogen and oxygen atoms in total. The van der Waals surface area contributed by atoms with E-state index in [4.69, 9.17) is 0 Å². The Bertz CT molecular complexity index is 293. The third-order valence-corrected chi connectivity index (χ3v) is 3.87. The summed E-state index contributed by atoms with van der Waals surface area (Å²) in [5.41, 5.74) is 0.218. The van der Waals surface area contributed by atoms with Crippen molar-refractivity contribution < 1.29 is 9.59 Å². The maximum Gasteiger partial charge on any atom is 0.322 e. The number of nitrogens with one attached hydrogen (secondary N) is 2. The van der Waals surface area contributed by atoms with Crippen LogP contribution in [-0.2, 0) is 4.79 Å². The molecule has 1 saturated heterocycles. The van der Waals surface area contributed by atoms with Crippen LogP contribution in [0.25, 0.3) is 0 Å². The van der Waals surface area contributed by atoms with Crippen molar-refractivity contribution in [3.63, 3.8) is 0 Å². The molecule has 16 heavy (non-hydrogen) atoms. The molecule has 1 atom stereocenters. The molecule has 1 aliphatic heterocycles. The molecule has 2 aliphatic rings. The summed E-state index contributed by atoms with van der Waals surface area (Å²) in [7, 11) is 0. The van der Waals surface area contributed by atoms with Crippen LogP contribution in [0.3, 0.4) is 0 Å². The van der Waals surface area contributed by atoms with Crippen LogP contribution in [0.5, 0.6) is 0 Å². The van der Waals surface area contributed by atoms with E-state index in [1.54, 1.807) is 0 Å². The second kappa shape index (κ2) is 4.44. The van der Waals surface area contributed by atoms with Crippen LogP contribution in [-0.4, -0.2) is 18.0 Å². The number of hydrogen-bond donors (Lipinski definition) is 2. The monoisotopic (exact) mass is 224 g/mol. The Balaban J connectivity index is 1.96. The molecule has 1 aliphatic carbocycles. The van der Waals surface area contributed by atoms with E-state index in [9.17, 15) is 9.59 Å². The first-order valence-electron chi connectivity index (χ1n) is 6.20. The number of hydrogen-bond acceptors (Lipinski definition) is 2. The van der Waals surface area contributed by atoms with Crippen LogP contribution in [0.1, 0.15) is 51.9 Å². The Morgan fingerprint density at radius 1 is 1.19 bits per heavy atom. The van der Waals surface area contributed by atoms with Crippen molar-refractivity contribution >= 4 is 11.9 Å². The van der Waals surface area contributed by atoms with Gasteiger partial charge < -0.3 is 5.32 Å². The van der Waals surface area contributed by atoms with Crippen LogP contribution >= 0.6 is 0 Å². The molecule has 0 bridgehead atoms. The second-order valence-electron chi connectivity index (χ2n) is 5.44. The van der Waals surface area contributed by atoms with Crippen molar-refractivity contribution in [2.45, 2.75) is 57.9 Å². The van der Waals surface area contributed by atoms with Crippen molar-refractivity contribution in [3.8, 4) is 0 Å². The van der Waals surface area contributed by atoms with Crippen LogP contribution in [0.15, 0.2) is 0 Å². The molecule has 1 heterocycles. The smallest absolute Gasteiger partial charge is 0.322 e. The van der Waals surface area contributed by atoms with E-state index >= 15 is 0 Å². The van der Waals surface area contributed by atoms with Crippen LogP contribution in [0.2, 0.25) is 0 Å². The number of amides is 3. The van der Waals surface area contributed by atoms with Gasteiger partial charge in [-0.1, -0.05) is 32.6 Å². The molecule has 1 saturated carbocycles. The number of urea groups is 1. The molecule has 3 amide bonds. The molecule has 0 aromatic carbocycles. The van der Waals surface area contributed by atoms with E-state index in [0.29, 0.717) is 0 Å². The van der Waals surface area contributed by atoms with Gasteiger partial charge in [-0.15, -0.1) is 0 Å². The van der Waals surface area contributed by atoms with E-state index in [1.807, 2.05) is 0 Å². The molecular formula is C12H20N2O2. The highest BCUT2D eigenvalue weighted by Gasteiger charge is 2.36. The van der Waals surface area contributed by atoms with Gasteiger partial charge in [0.15, 0.2) is 0 Å². The number of rotatable bonds is 2.